The molecule has 0 spiro atoms. The average Bonchev–Trinajstić information content (AvgIpc) is 2.78. The predicted octanol–water partition coefficient (Wildman–Crippen LogP) is 7.75. The van der Waals surface area contributed by atoms with Crippen molar-refractivity contribution in [2.75, 3.05) is 6.61 Å². The first-order chi connectivity index (χ1) is 14.8. The Hall–Kier alpha value is -2.43. The van der Waals surface area contributed by atoms with Crippen LogP contribution < -0.4 is 9.47 Å². The third-order valence-electron chi connectivity index (χ3n) is 6.29. The zero-order valence-electron chi connectivity index (χ0n) is 18.2. The summed E-state index contributed by atoms with van der Waals surface area (Å²) in [5.41, 5.74) is 0.972. The molecule has 0 atom stereocenters. The van der Waals surface area contributed by atoms with Crippen molar-refractivity contribution in [1.82, 2.24) is 0 Å². The SMILES string of the molecule is C=CCCC1CCC(COc2cc3c(c(F)c2F)O/C(=C(\F)C(=C)CC)C(=C)C3)CC1. The number of fused-ring (bicyclic) bond motifs is 1. The molecule has 31 heavy (non-hydrogen) atoms. The van der Waals surface area contributed by atoms with E-state index in [9.17, 15) is 13.2 Å². The van der Waals surface area contributed by atoms with Gasteiger partial charge in [-0.25, -0.2) is 4.39 Å². The van der Waals surface area contributed by atoms with Crippen molar-refractivity contribution >= 4 is 0 Å². The fourth-order valence-electron chi connectivity index (χ4n) is 4.23. The lowest BCUT2D eigenvalue weighted by Gasteiger charge is -2.28. The van der Waals surface area contributed by atoms with Crippen LogP contribution in [0, 0.1) is 23.5 Å². The van der Waals surface area contributed by atoms with Crippen molar-refractivity contribution in [3.05, 3.63) is 71.8 Å². The van der Waals surface area contributed by atoms with E-state index in [1.54, 1.807) is 6.92 Å². The normalized spacial score (nSPS) is 22.4. The maximum atomic E-state index is 14.7. The third kappa shape index (κ3) is 5.25. The highest BCUT2D eigenvalue weighted by Crippen LogP contribution is 2.41. The fraction of sp³-hybridized carbons (Fsp3) is 0.462. The van der Waals surface area contributed by atoms with Crippen LogP contribution in [0.5, 0.6) is 11.5 Å². The van der Waals surface area contributed by atoms with E-state index < -0.39 is 17.5 Å². The number of hydrogen-bond donors (Lipinski definition) is 0. The summed E-state index contributed by atoms with van der Waals surface area (Å²) >= 11 is 0. The molecule has 3 rings (SSSR count). The van der Waals surface area contributed by atoms with Gasteiger partial charge in [0.1, 0.15) is 0 Å². The van der Waals surface area contributed by atoms with Crippen LogP contribution in [0.3, 0.4) is 0 Å². The molecule has 1 aliphatic heterocycles. The van der Waals surface area contributed by atoms with Crippen LogP contribution in [0.2, 0.25) is 0 Å². The molecule has 5 heteroatoms. The quantitative estimate of drug-likeness (QED) is 0.391. The van der Waals surface area contributed by atoms with Gasteiger partial charge in [0.2, 0.25) is 11.6 Å². The van der Waals surface area contributed by atoms with Crippen molar-refractivity contribution < 1.29 is 22.6 Å². The molecule has 1 aromatic carbocycles. The number of allylic oxidation sites excluding steroid dienone is 4. The van der Waals surface area contributed by atoms with E-state index in [0.29, 0.717) is 36.0 Å². The average molecular weight is 433 g/mol. The molecule has 1 heterocycles. The summed E-state index contributed by atoms with van der Waals surface area (Å²) in [5.74, 6) is -2.54. The first-order valence-electron chi connectivity index (χ1n) is 11.0. The highest BCUT2D eigenvalue weighted by molar-refractivity contribution is 5.52. The van der Waals surface area contributed by atoms with Gasteiger partial charge in [-0.05, 0) is 61.2 Å². The molecule has 0 N–H and O–H groups in total. The van der Waals surface area contributed by atoms with E-state index in [2.05, 4.69) is 19.7 Å². The number of rotatable bonds is 8. The molecule has 1 saturated carbocycles. The van der Waals surface area contributed by atoms with Crippen molar-refractivity contribution in [2.45, 2.75) is 58.3 Å². The summed E-state index contributed by atoms with van der Waals surface area (Å²) < 4.78 is 55.0. The molecule has 1 aliphatic carbocycles. The molecule has 0 saturated heterocycles. The minimum atomic E-state index is -1.17. The van der Waals surface area contributed by atoms with E-state index in [1.807, 2.05) is 6.08 Å². The van der Waals surface area contributed by atoms with Gasteiger partial charge in [-0.2, -0.15) is 8.78 Å². The summed E-state index contributed by atoms with van der Waals surface area (Å²) in [4.78, 5) is 0. The predicted molar refractivity (Wildman–Crippen MR) is 118 cm³/mol. The highest BCUT2D eigenvalue weighted by atomic mass is 19.2. The van der Waals surface area contributed by atoms with Crippen molar-refractivity contribution in [2.24, 2.45) is 11.8 Å². The molecule has 2 aliphatic rings. The lowest BCUT2D eigenvalue weighted by molar-refractivity contribution is 0.173. The Morgan fingerprint density at radius 2 is 1.87 bits per heavy atom. The molecule has 0 amide bonds. The summed E-state index contributed by atoms with van der Waals surface area (Å²) in [6.45, 7) is 13.3. The number of ether oxygens (including phenoxy) is 2. The first kappa shape index (κ1) is 23.2. The van der Waals surface area contributed by atoms with E-state index in [0.717, 1.165) is 38.5 Å². The topological polar surface area (TPSA) is 18.5 Å². The summed E-state index contributed by atoms with van der Waals surface area (Å²) in [5, 5.41) is 0. The van der Waals surface area contributed by atoms with Crippen LogP contribution in [-0.4, -0.2) is 6.61 Å². The van der Waals surface area contributed by atoms with Crippen molar-refractivity contribution in [3.63, 3.8) is 0 Å². The molecule has 0 bridgehead atoms. The van der Waals surface area contributed by atoms with Crippen LogP contribution in [0.25, 0.3) is 0 Å². The van der Waals surface area contributed by atoms with Gasteiger partial charge in [-0.3, -0.25) is 0 Å². The standard InChI is InChI=1S/C26H31F3O2/c1-5-7-8-18-9-11-19(12-10-18)15-30-21-14-20-13-17(4)25(22(27)16(3)6-2)31-26(20)24(29)23(21)28/h5,14,18-19H,1,3-4,6-13,15H2,2H3/b25-22-. The second-order valence-electron chi connectivity index (χ2n) is 8.54. The maximum Gasteiger partial charge on any atom is 0.205 e. The van der Waals surface area contributed by atoms with Gasteiger partial charge >= 0.3 is 0 Å². The van der Waals surface area contributed by atoms with Gasteiger partial charge in [0.15, 0.2) is 23.1 Å². The molecule has 0 radical (unpaired) electrons. The minimum absolute atomic E-state index is 0.132. The molecule has 1 aromatic rings. The second-order valence-corrected chi connectivity index (χ2v) is 8.54. The fourth-order valence-corrected chi connectivity index (χ4v) is 4.23. The minimum Gasteiger partial charge on any atom is -0.490 e. The zero-order chi connectivity index (χ0) is 22.5. The van der Waals surface area contributed by atoms with Crippen LogP contribution >= 0.6 is 0 Å². The lowest BCUT2D eigenvalue weighted by Crippen LogP contribution is -2.21. The monoisotopic (exact) mass is 432 g/mol. The van der Waals surface area contributed by atoms with E-state index >= 15 is 0 Å². The molecular formula is C26H31F3O2. The summed E-state index contributed by atoms with van der Waals surface area (Å²) in [7, 11) is 0. The Morgan fingerprint density at radius 3 is 2.52 bits per heavy atom. The second kappa shape index (κ2) is 10.3. The van der Waals surface area contributed by atoms with E-state index in [-0.39, 0.29) is 29.3 Å². The smallest absolute Gasteiger partial charge is 0.205 e. The molecular weight excluding hydrogens is 401 g/mol. The van der Waals surface area contributed by atoms with Gasteiger partial charge < -0.3 is 9.47 Å². The van der Waals surface area contributed by atoms with E-state index in [1.165, 1.54) is 6.07 Å². The van der Waals surface area contributed by atoms with Gasteiger partial charge in [-0.15, -0.1) is 6.58 Å². The Morgan fingerprint density at radius 1 is 1.19 bits per heavy atom. The van der Waals surface area contributed by atoms with Gasteiger partial charge in [0.05, 0.1) is 6.61 Å². The summed E-state index contributed by atoms with van der Waals surface area (Å²) in [6.07, 6.45) is 8.96. The highest BCUT2D eigenvalue weighted by Gasteiger charge is 2.30. The molecule has 1 fully saturated rings. The molecule has 0 unspecified atom stereocenters. The largest absolute Gasteiger partial charge is 0.490 e. The van der Waals surface area contributed by atoms with Crippen LogP contribution in [0.15, 0.2) is 54.6 Å². The Balaban J connectivity index is 1.70. The number of benzene rings is 1. The van der Waals surface area contributed by atoms with Gasteiger partial charge in [-0.1, -0.05) is 39.0 Å². The van der Waals surface area contributed by atoms with Crippen LogP contribution in [0.1, 0.15) is 57.4 Å². The van der Waals surface area contributed by atoms with Crippen LogP contribution in [0.4, 0.5) is 13.2 Å². The van der Waals surface area contributed by atoms with Gasteiger partial charge in [0.25, 0.3) is 0 Å². The number of halogens is 3. The molecule has 0 aromatic heterocycles. The zero-order valence-corrected chi connectivity index (χ0v) is 18.2. The summed E-state index contributed by atoms with van der Waals surface area (Å²) in [6, 6.07) is 1.44. The Bertz CT molecular complexity index is 892. The van der Waals surface area contributed by atoms with Gasteiger partial charge in [0, 0.05) is 12.0 Å². The molecule has 2 nitrogen and oxygen atoms in total. The van der Waals surface area contributed by atoms with Crippen LogP contribution in [-0.2, 0) is 6.42 Å². The third-order valence-corrected chi connectivity index (χ3v) is 6.29. The Kier molecular flexibility index (Phi) is 7.69. The molecule has 168 valence electrons. The lowest BCUT2D eigenvalue weighted by atomic mass is 9.80. The Labute approximate surface area is 183 Å². The van der Waals surface area contributed by atoms with E-state index in [4.69, 9.17) is 9.47 Å². The van der Waals surface area contributed by atoms with Crippen molar-refractivity contribution in [3.8, 4) is 11.5 Å². The maximum absolute atomic E-state index is 14.7. The van der Waals surface area contributed by atoms with Crippen molar-refractivity contribution in [1.29, 1.82) is 0 Å². The number of hydrogen-bond acceptors (Lipinski definition) is 2. The first-order valence-corrected chi connectivity index (χ1v) is 11.0.